The molecule has 7 nitrogen and oxygen atoms in total. The van der Waals surface area contributed by atoms with E-state index in [4.69, 9.17) is 16.3 Å². The number of methoxy groups -OCH3 is 1. The van der Waals surface area contributed by atoms with Gasteiger partial charge in [-0.2, -0.15) is 4.39 Å². The van der Waals surface area contributed by atoms with Crippen molar-refractivity contribution in [3.05, 3.63) is 61.5 Å². The molecule has 0 aliphatic heterocycles. The van der Waals surface area contributed by atoms with Crippen LogP contribution in [0.3, 0.4) is 0 Å². The molecule has 0 aliphatic rings. The first-order chi connectivity index (χ1) is 9.93. The Balaban J connectivity index is 2.37. The zero-order chi connectivity index (χ0) is 15.6. The molecule has 2 aromatic rings. The van der Waals surface area contributed by atoms with E-state index in [0.717, 1.165) is 16.7 Å². The first-order valence-electron chi connectivity index (χ1n) is 5.65. The van der Waals surface area contributed by atoms with Crippen LogP contribution in [0.1, 0.15) is 5.56 Å². The predicted octanol–water partition coefficient (Wildman–Crippen LogP) is 2.00. The monoisotopic (exact) mass is 313 g/mol. The van der Waals surface area contributed by atoms with Crippen LogP contribution in [0.2, 0.25) is 5.15 Å². The third-order valence-corrected chi connectivity index (χ3v) is 2.99. The summed E-state index contributed by atoms with van der Waals surface area (Å²) in [6.45, 7) is -0.0196. The zero-order valence-electron chi connectivity index (χ0n) is 10.7. The Bertz CT molecular complexity index is 763. The van der Waals surface area contributed by atoms with E-state index >= 15 is 0 Å². The Labute approximate surface area is 122 Å². The van der Waals surface area contributed by atoms with Crippen molar-refractivity contribution in [2.75, 3.05) is 7.11 Å². The van der Waals surface area contributed by atoms with Gasteiger partial charge in [0.05, 0.1) is 24.9 Å². The lowest BCUT2D eigenvalue weighted by Crippen LogP contribution is -2.22. The van der Waals surface area contributed by atoms with E-state index in [1.807, 2.05) is 0 Å². The maximum absolute atomic E-state index is 13.5. The van der Waals surface area contributed by atoms with Crippen LogP contribution in [0, 0.1) is 15.9 Å². The highest BCUT2D eigenvalue weighted by Crippen LogP contribution is 2.19. The maximum atomic E-state index is 13.5. The fourth-order valence-electron chi connectivity index (χ4n) is 1.73. The minimum Gasteiger partial charge on any atom is -0.489 e. The van der Waals surface area contributed by atoms with Crippen molar-refractivity contribution in [2.45, 2.75) is 6.54 Å². The number of hydrogen-bond acceptors (Lipinski definition) is 5. The molecule has 0 N–H and O–H groups in total. The van der Waals surface area contributed by atoms with E-state index in [1.54, 1.807) is 0 Å². The van der Waals surface area contributed by atoms with Crippen molar-refractivity contribution in [2.24, 2.45) is 0 Å². The van der Waals surface area contributed by atoms with Crippen LogP contribution < -0.4 is 10.3 Å². The lowest BCUT2D eigenvalue weighted by Gasteiger charge is -2.08. The molecular weight excluding hydrogens is 305 g/mol. The van der Waals surface area contributed by atoms with Gasteiger partial charge in [0.2, 0.25) is 11.6 Å². The fourth-order valence-corrected chi connectivity index (χ4v) is 1.93. The van der Waals surface area contributed by atoms with Gasteiger partial charge in [0.15, 0.2) is 5.15 Å². The molecule has 0 saturated heterocycles. The van der Waals surface area contributed by atoms with E-state index in [2.05, 4.69) is 4.98 Å². The second-order valence-electron chi connectivity index (χ2n) is 4.04. The van der Waals surface area contributed by atoms with Gasteiger partial charge in [-0.1, -0.05) is 17.7 Å². The van der Waals surface area contributed by atoms with Crippen molar-refractivity contribution in [3.63, 3.8) is 0 Å². The molecule has 0 atom stereocenters. The topological polar surface area (TPSA) is 87.3 Å². The molecule has 9 heteroatoms. The van der Waals surface area contributed by atoms with E-state index in [1.165, 1.54) is 19.5 Å². The largest absolute Gasteiger partial charge is 0.489 e. The first-order valence-corrected chi connectivity index (χ1v) is 6.03. The zero-order valence-corrected chi connectivity index (χ0v) is 11.5. The number of rotatable bonds is 4. The number of hydrogen-bond donors (Lipinski definition) is 0. The van der Waals surface area contributed by atoms with E-state index in [9.17, 15) is 19.3 Å². The van der Waals surface area contributed by atoms with Gasteiger partial charge in [-0.25, -0.2) is 4.98 Å². The predicted molar refractivity (Wildman–Crippen MR) is 72.2 cm³/mol. The van der Waals surface area contributed by atoms with Crippen molar-refractivity contribution in [1.29, 1.82) is 0 Å². The van der Waals surface area contributed by atoms with Gasteiger partial charge in [0.1, 0.15) is 0 Å². The van der Waals surface area contributed by atoms with Crippen molar-refractivity contribution >= 4 is 17.3 Å². The van der Waals surface area contributed by atoms with Crippen LogP contribution >= 0.6 is 11.6 Å². The number of nitro groups is 1. The normalized spacial score (nSPS) is 10.4. The minimum absolute atomic E-state index is 0.0196. The second kappa shape index (κ2) is 5.88. The highest BCUT2D eigenvalue weighted by atomic mass is 35.5. The Morgan fingerprint density at radius 1 is 1.52 bits per heavy atom. The highest BCUT2D eigenvalue weighted by molar-refractivity contribution is 6.30. The quantitative estimate of drug-likeness (QED) is 0.489. The second-order valence-corrected chi connectivity index (χ2v) is 4.40. The molecule has 1 aromatic heterocycles. The van der Waals surface area contributed by atoms with Gasteiger partial charge in [0.25, 0.3) is 5.56 Å². The molecule has 1 aromatic carbocycles. The van der Waals surface area contributed by atoms with Gasteiger partial charge < -0.3 is 4.74 Å². The Kier molecular flexibility index (Phi) is 4.18. The van der Waals surface area contributed by atoms with Crippen LogP contribution in [-0.4, -0.2) is 21.6 Å². The molecule has 2 rings (SSSR count). The van der Waals surface area contributed by atoms with Crippen LogP contribution in [0.15, 0.2) is 29.3 Å². The molecule has 0 saturated carbocycles. The van der Waals surface area contributed by atoms with Crippen LogP contribution in [-0.2, 0) is 6.54 Å². The summed E-state index contributed by atoms with van der Waals surface area (Å²) in [6, 6.07) is 3.39. The summed E-state index contributed by atoms with van der Waals surface area (Å²) in [5, 5.41) is 10.5. The van der Waals surface area contributed by atoms with E-state index in [0.29, 0.717) is 5.56 Å². The molecule has 0 radical (unpaired) electrons. The highest BCUT2D eigenvalue weighted by Gasteiger charge is 2.15. The van der Waals surface area contributed by atoms with Gasteiger partial charge in [-0.15, -0.1) is 0 Å². The summed E-state index contributed by atoms with van der Waals surface area (Å²) in [6.07, 6.45) is 1.19. The summed E-state index contributed by atoms with van der Waals surface area (Å²) in [5.41, 5.74) is -0.791. The standard InChI is InChI=1S/C12H9ClFN3O4/c1-21-10-11(13)15-6-16(12(10)18)5-7-2-3-9(17(19)20)8(14)4-7/h2-4,6H,5H2,1H3. The van der Waals surface area contributed by atoms with Crippen LogP contribution in [0.25, 0.3) is 0 Å². The fraction of sp³-hybridized carbons (Fsp3) is 0.167. The molecule has 0 bridgehead atoms. The average molecular weight is 314 g/mol. The number of halogens is 2. The number of ether oxygens (including phenoxy) is 1. The summed E-state index contributed by atoms with van der Waals surface area (Å²) in [4.78, 5) is 25.5. The molecule has 21 heavy (non-hydrogen) atoms. The average Bonchev–Trinajstić information content (AvgIpc) is 2.42. The van der Waals surface area contributed by atoms with Gasteiger partial charge in [-0.3, -0.25) is 19.5 Å². The SMILES string of the molecule is COc1c(Cl)ncn(Cc2ccc([N+](=O)[O-])c(F)c2)c1=O. The number of nitro benzene ring substituents is 1. The summed E-state index contributed by atoms with van der Waals surface area (Å²) < 4.78 is 19.5. The third kappa shape index (κ3) is 3.00. The van der Waals surface area contributed by atoms with Crippen molar-refractivity contribution in [1.82, 2.24) is 9.55 Å². The first kappa shape index (κ1) is 14.9. The molecule has 0 amide bonds. The smallest absolute Gasteiger partial charge is 0.304 e. The molecule has 0 spiro atoms. The lowest BCUT2D eigenvalue weighted by atomic mass is 10.2. The summed E-state index contributed by atoms with van der Waals surface area (Å²) in [5.74, 6) is -1.10. The van der Waals surface area contributed by atoms with Crippen LogP contribution in [0.5, 0.6) is 5.75 Å². The van der Waals surface area contributed by atoms with Crippen LogP contribution in [0.4, 0.5) is 10.1 Å². The molecule has 0 fully saturated rings. The molecular formula is C12H9ClFN3O4. The molecule has 0 unspecified atom stereocenters. The summed E-state index contributed by atoms with van der Waals surface area (Å²) >= 11 is 5.70. The Morgan fingerprint density at radius 3 is 2.81 bits per heavy atom. The Morgan fingerprint density at radius 2 is 2.24 bits per heavy atom. The summed E-state index contributed by atoms with van der Waals surface area (Å²) in [7, 11) is 1.28. The van der Waals surface area contributed by atoms with Gasteiger partial charge >= 0.3 is 5.69 Å². The molecule has 0 aliphatic carbocycles. The van der Waals surface area contributed by atoms with E-state index < -0.39 is 22.0 Å². The van der Waals surface area contributed by atoms with E-state index in [-0.39, 0.29) is 17.4 Å². The van der Waals surface area contributed by atoms with Gasteiger partial charge in [0, 0.05) is 6.07 Å². The third-order valence-electron chi connectivity index (χ3n) is 2.72. The number of nitrogens with zero attached hydrogens (tertiary/aromatic N) is 3. The Hall–Kier alpha value is -2.48. The lowest BCUT2D eigenvalue weighted by molar-refractivity contribution is -0.387. The van der Waals surface area contributed by atoms with Crippen molar-refractivity contribution in [3.8, 4) is 5.75 Å². The van der Waals surface area contributed by atoms with Crippen molar-refractivity contribution < 1.29 is 14.1 Å². The minimum atomic E-state index is -0.973. The molecule has 110 valence electrons. The molecule has 1 heterocycles. The number of aromatic nitrogens is 2. The van der Waals surface area contributed by atoms with Gasteiger partial charge in [-0.05, 0) is 11.6 Å². The number of benzene rings is 1. The maximum Gasteiger partial charge on any atom is 0.304 e.